The van der Waals surface area contributed by atoms with Crippen LogP contribution < -0.4 is 10.0 Å². The van der Waals surface area contributed by atoms with Crippen LogP contribution in [0.1, 0.15) is 52.4 Å². The van der Waals surface area contributed by atoms with Crippen molar-refractivity contribution in [3.05, 3.63) is 0 Å². The van der Waals surface area contributed by atoms with E-state index in [0.717, 1.165) is 45.2 Å². The molecule has 1 heterocycles. The van der Waals surface area contributed by atoms with E-state index in [0.29, 0.717) is 0 Å². The second-order valence-electron chi connectivity index (χ2n) is 6.57. The molecule has 0 aromatic carbocycles. The molecule has 0 spiro atoms. The number of nitrogens with one attached hydrogen (secondary N) is 2. The number of sulfonamides is 1. The summed E-state index contributed by atoms with van der Waals surface area (Å²) in [5.74, 6) is 0. The summed E-state index contributed by atoms with van der Waals surface area (Å²) in [6.07, 6.45) is 5.78. The summed E-state index contributed by atoms with van der Waals surface area (Å²) in [6.45, 7) is 6.11. The molecule has 1 unspecified atom stereocenters. The molecule has 2 fully saturated rings. The van der Waals surface area contributed by atoms with E-state index in [4.69, 9.17) is 0 Å². The van der Waals surface area contributed by atoms with Crippen LogP contribution in [0.25, 0.3) is 0 Å². The molecule has 1 atom stereocenters. The fourth-order valence-corrected chi connectivity index (χ4v) is 4.95. The third-order valence-electron chi connectivity index (χ3n) is 4.26. The first-order chi connectivity index (χ1) is 8.39. The largest absolute Gasteiger partial charge is 0.317 e. The molecular formula is C13H26N2O2S. The van der Waals surface area contributed by atoms with E-state index in [2.05, 4.69) is 23.9 Å². The molecule has 1 saturated heterocycles. The van der Waals surface area contributed by atoms with E-state index in [1.54, 1.807) is 0 Å². The van der Waals surface area contributed by atoms with Crippen LogP contribution in [0.2, 0.25) is 0 Å². The molecule has 2 rings (SSSR count). The minimum absolute atomic E-state index is 0.147. The maximum absolute atomic E-state index is 12.3. The minimum Gasteiger partial charge on any atom is -0.317 e. The number of rotatable bonds is 3. The summed E-state index contributed by atoms with van der Waals surface area (Å²) in [4.78, 5) is 0. The fourth-order valence-electron chi connectivity index (χ4n) is 3.23. The predicted octanol–water partition coefficient (Wildman–Crippen LogP) is 1.63. The third-order valence-corrected chi connectivity index (χ3v) is 6.27. The zero-order valence-electron chi connectivity index (χ0n) is 11.5. The molecule has 1 aliphatic heterocycles. The van der Waals surface area contributed by atoms with Gasteiger partial charge in [-0.15, -0.1) is 0 Å². The van der Waals surface area contributed by atoms with Gasteiger partial charge in [-0.25, -0.2) is 13.1 Å². The van der Waals surface area contributed by atoms with E-state index in [1.165, 1.54) is 6.42 Å². The SMILES string of the molecule is CC1(C)CCCC(NS(=O)(=O)C2CCNCC2)C1. The van der Waals surface area contributed by atoms with E-state index in [9.17, 15) is 8.42 Å². The molecule has 0 aromatic rings. The molecular weight excluding hydrogens is 248 g/mol. The lowest BCUT2D eigenvalue weighted by molar-refractivity contribution is 0.212. The first kappa shape index (κ1) is 14.3. The van der Waals surface area contributed by atoms with Crippen LogP contribution >= 0.6 is 0 Å². The van der Waals surface area contributed by atoms with Crippen LogP contribution in [0.5, 0.6) is 0 Å². The molecule has 5 heteroatoms. The van der Waals surface area contributed by atoms with Gasteiger partial charge in [0.05, 0.1) is 5.25 Å². The summed E-state index contributed by atoms with van der Waals surface area (Å²) >= 11 is 0. The van der Waals surface area contributed by atoms with Gasteiger partial charge in [0.15, 0.2) is 0 Å². The average molecular weight is 274 g/mol. The Morgan fingerprint density at radius 1 is 1.17 bits per heavy atom. The summed E-state index contributed by atoms with van der Waals surface area (Å²) < 4.78 is 27.6. The van der Waals surface area contributed by atoms with Crippen LogP contribution in [0.3, 0.4) is 0 Å². The van der Waals surface area contributed by atoms with Crippen molar-refractivity contribution in [1.29, 1.82) is 0 Å². The smallest absolute Gasteiger partial charge is 0.214 e. The van der Waals surface area contributed by atoms with Crippen LogP contribution in [0.4, 0.5) is 0 Å². The van der Waals surface area contributed by atoms with E-state index >= 15 is 0 Å². The lowest BCUT2D eigenvalue weighted by atomic mass is 9.75. The van der Waals surface area contributed by atoms with Crippen molar-refractivity contribution in [3.63, 3.8) is 0 Å². The molecule has 106 valence electrons. The molecule has 1 aliphatic carbocycles. The lowest BCUT2D eigenvalue weighted by Crippen LogP contribution is -2.47. The summed E-state index contributed by atoms with van der Waals surface area (Å²) in [5, 5.41) is 3.02. The second-order valence-corrected chi connectivity index (χ2v) is 8.56. The Kier molecular flexibility index (Phi) is 4.34. The molecule has 2 N–H and O–H groups in total. The maximum atomic E-state index is 12.3. The van der Waals surface area contributed by atoms with Gasteiger partial charge in [-0.2, -0.15) is 0 Å². The minimum atomic E-state index is -3.12. The van der Waals surface area contributed by atoms with Crippen LogP contribution in [0.15, 0.2) is 0 Å². The standard InChI is InChI=1S/C13H26N2O2S/c1-13(2)7-3-4-11(10-13)15-18(16,17)12-5-8-14-9-6-12/h11-12,14-15H,3-10H2,1-2H3. The maximum Gasteiger partial charge on any atom is 0.214 e. The Bertz CT molecular complexity index is 372. The van der Waals surface area contributed by atoms with Crippen molar-refractivity contribution in [2.24, 2.45) is 5.41 Å². The number of hydrogen-bond acceptors (Lipinski definition) is 3. The van der Waals surface area contributed by atoms with Gasteiger partial charge >= 0.3 is 0 Å². The second kappa shape index (κ2) is 5.47. The van der Waals surface area contributed by atoms with Crippen molar-refractivity contribution in [3.8, 4) is 0 Å². The first-order valence-corrected chi connectivity index (χ1v) is 8.66. The van der Waals surface area contributed by atoms with Crippen molar-refractivity contribution in [2.45, 2.75) is 63.7 Å². The molecule has 0 bridgehead atoms. The van der Waals surface area contributed by atoms with Crippen LogP contribution in [0, 0.1) is 5.41 Å². The first-order valence-electron chi connectivity index (χ1n) is 7.11. The van der Waals surface area contributed by atoms with Gasteiger partial charge in [0.1, 0.15) is 0 Å². The summed E-state index contributed by atoms with van der Waals surface area (Å²) in [5.41, 5.74) is 0.277. The van der Waals surface area contributed by atoms with Gasteiger partial charge in [-0.1, -0.05) is 20.3 Å². The monoisotopic (exact) mass is 274 g/mol. The molecule has 0 radical (unpaired) electrons. The fraction of sp³-hybridized carbons (Fsp3) is 1.00. The summed E-state index contributed by atoms with van der Waals surface area (Å²) in [6, 6.07) is 0.147. The average Bonchev–Trinajstić information content (AvgIpc) is 2.28. The van der Waals surface area contributed by atoms with Gasteiger partial charge < -0.3 is 5.32 Å². The quantitative estimate of drug-likeness (QED) is 0.822. The van der Waals surface area contributed by atoms with Gasteiger partial charge in [-0.3, -0.25) is 0 Å². The van der Waals surface area contributed by atoms with E-state index in [1.807, 2.05) is 0 Å². The van der Waals surface area contributed by atoms with Gasteiger partial charge in [-0.05, 0) is 50.6 Å². The third kappa shape index (κ3) is 3.68. The van der Waals surface area contributed by atoms with E-state index in [-0.39, 0.29) is 16.7 Å². The zero-order valence-corrected chi connectivity index (χ0v) is 12.4. The Morgan fingerprint density at radius 3 is 2.44 bits per heavy atom. The highest BCUT2D eigenvalue weighted by atomic mass is 32.2. The predicted molar refractivity (Wildman–Crippen MR) is 74.0 cm³/mol. The Balaban J connectivity index is 1.95. The van der Waals surface area contributed by atoms with Gasteiger partial charge in [0, 0.05) is 6.04 Å². The highest BCUT2D eigenvalue weighted by Gasteiger charge is 2.33. The van der Waals surface area contributed by atoms with Crippen LogP contribution in [-0.4, -0.2) is 32.8 Å². The van der Waals surface area contributed by atoms with Crippen molar-refractivity contribution in [2.75, 3.05) is 13.1 Å². The summed E-state index contributed by atoms with van der Waals surface area (Å²) in [7, 11) is -3.12. The molecule has 0 aromatic heterocycles. The lowest BCUT2D eigenvalue weighted by Gasteiger charge is -2.36. The topological polar surface area (TPSA) is 58.2 Å². The molecule has 4 nitrogen and oxygen atoms in total. The highest BCUT2D eigenvalue weighted by molar-refractivity contribution is 7.90. The van der Waals surface area contributed by atoms with E-state index < -0.39 is 10.0 Å². The number of piperidine rings is 1. The Labute approximate surface area is 111 Å². The molecule has 1 saturated carbocycles. The Hall–Kier alpha value is -0.130. The number of hydrogen-bond donors (Lipinski definition) is 2. The zero-order chi connectivity index (χ0) is 13.2. The molecule has 0 amide bonds. The molecule has 18 heavy (non-hydrogen) atoms. The molecule has 2 aliphatic rings. The van der Waals surface area contributed by atoms with Gasteiger partial charge in [0.2, 0.25) is 10.0 Å². The van der Waals surface area contributed by atoms with Crippen molar-refractivity contribution >= 4 is 10.0 Å². The Morgan fingerprint density at radius 2 is 1.83 bits per heavy atom. The van der Waals surface area contributed by atoms with Crippen molar-refractivity contribution < 1.29 is 8.42 Å². The van der Waals surface area contributed by atoms with Crippen molar-refractivity contribution in [1.82, 2.24) is 10.0 Å². The van der Waals surface area contributed by atoms with Gasteiger partial charge in [0.25, 0.3) is 0 Å². The normalized spacial score (nSPS) is 30.2. The highest BCUT2D eigenvalue weighted by Crippen LogP contribution is 2.35. The van der Waals surface area contributed by atoms with Crippen LogP contribution in [-0.2, 0) is 10.0 Å².